The lowest BCUT2D eigenvalue weighted by atomic mass is 9.82. The minimum Gasteiger partial charge on any atom is -0.481 e. The number of hydrogen-bond donors (Lipinski definition) is 3. The van der Waals surface area contributed by atoms with Crippen LogP contribution in [0.25, 0.3) is 0 Å². The van der Waals surface area contributed by atoms with Gasteiger partial charge in [0, 0.05) is 19.5 Å². The average Bonchev–Trinajstić information content (AvgIpc) is 2.99. The van der Waals surface area contributed by atoms with Crippen LogP contribution in [0.2, 0.25) is 0 Å². The molecule has 0 bridgehead atoms. The van der Waals surface area contributed by atoms with Crippen LogP contribution < -0.4 is 10.6 Å². The van der Waals surface area contributed by atoms with Gasteiger partial charge in [-0.3, -0.25) is 4.79 Å². The van der Waals surface area contributed by atoms with Crippen LogP contribution in [0.5, 0.6) is 0 Å². The summed E-state index contributed by atoms with van der Waals surface area (Å²) in [4.78, 5) is 26.3. The van der Waals surface area contributed by atoms with Crippen molar-refractivity contribution >= 4 is 12.0 Å². The fourth-order valence-corrected chi connectivity index (χ4v) is 2.50. The first kappa shape index (κ1) is 15.3. The van der Waals surface area contributed by atoms with Crippen LogP contribution in [0.15, 0.2) is 10.9 Å². The van der Waals surface area contributed by atoms with Crippen LogP contribution in [-0.4, -0.2) is 40.3 Å². The van der Waals surface area contributed by atoms with Crippen LogP contribution in [0.1, 0.15) is 31.6 Å². The number of urea groups is 1. The second-order valence-electron chi connectivity index (χ2n) is 5.28. The van der Waals surface area contributed by atoms with E-state index in [0.717, 1.165) is 12.8 Å². The molecular weight excluding hydrogens is 276 g/mol. The van der Waals surface area contributed by atoms with E-state index in [1.54, 1.807) is 0 Å². The SMILES string of the molecule is O=C(NCCc1ncno1)NCC1CCC(C(=O)O)CC1. The van der Waals surface area contributed by atoms with Gasteiger partial charge in [0.15, 0.2) is 6.33 Å². The van der Waals surface area contributed by atoms with Crippen LogP contribution in [0, 0.1) is 11.8 Å². The van der Waals surface area contributed by atoms with Gasteiger partial charge in [0.05, 0.1) is 5.92 Å². The Hall–Kier alpha value is -2.12. The zero-order valence-electron chi connectivity index (χ0n) is 11.7. The first-order chi connectivity index (χ1) is 10.1. The Morgan fingerprint density at radius 2 is 2.05 bits per heavy atom. The van der Waals surface area contributed by atoms with E-state index in [4.69, 9.17) is 9.63 Å². The van der Waals surface area contributed by atoms with E-state index < -0.39 is 5.97 Å². The van der Waals surface area contributed by atoms with Crippen molar-refractivity contribution in [2.24, 2.45) is 11.8 Å². The van der Waals surface area contributed by atoms with Crippen molar-refractivity contribution in [2.75, 3.05) is 13.1 Å². The molecule has 3 N–H and O–H groups in total. The molecule has 1 aromatic heterocycles. The number of carboxylic acid groups (broad SMARTS) is 1. The quantitative estimate of drug-likeness (QED) is 0.715. The Bertz CT molecular complexity index is 455. The summed E-state index contributed by atoms with van der Waals surface area (Å²) in [5, 5.41) is 17.9. The van der Waals surface area contributed by atoms with Crippen molar-refractivity contribution in [3.63, 3.8) is 0 Å². The maximum absolute atomic E-state index is 11.6. The molecule has 1 saturated carbocycles. The summed E-state index contributed by atoms with van der Waals surface area (Å²) >= 11 is 0. The molecule has 0 unspecified atom stereocenters. The lowest BCUT2D eigenvalue weighted by Crippen LogP contribution is -2.40. The number of aliphatic carboxylic acids is 1. The Labute approximate surface area is 122 Å². The average molecular weight is 296 g/mol. The highest BCUT2D eigenvalue weighted by Crippen LogP contribution is 2.28. The summed E-state index contributed by atoms with van der Waals surface area (Å²) in [6.07, 6.45) is 4.90. The van der Waals surface area contributed by atoms with Gasteiger partial charge in [-0.15, -0.1) is 0 Å². The number of carboxylic acids is 1. The predicted molar refractivity (Wildman–Crippen MR) is 72.5 cm³/mol. The molecule has 0 saturated heterocycles. The normalized spacial score (nSPS) is 21.7. The van der Waals surface area contributed by atoms with Crippen LogP contribution in [-0.2, 0) is 11.2 Å². The molecule has 8 nitrogen and oxygen atoms in total. The number of hydrogen-bond acceptors (Lipinski definition) is 5. The number of amides is 2. The van der Waals surface area contributed by atoms with E-state index in [1.807, 2.05) is 0 Å². The van der Waals surface area contributed by atoms with E-state index in [1.165, 1.54) is 6.33 Å². The van der Waals surface area contributed by atoms with E-state index in [0.29, 0.717) is 44.2 Å². The molecule has 1 aliphatic rings. The van der Waals surface area contributed by atoms with Gasteiger partial charge in [-0.05, 0) is 31.6 Å². The molecule has 2 amide bonds. The summed E-state index contributed by atoms with van der Waals surface area (Å²) in [6.45, 7) is 1.01. The lowest BCUT2D eigenvalue weighted by molar-refractivity contribution is -0.143. The zero-order valence-corrected chi connectivity index (χ0v) is 11.7. The maximum Gasteiger partial charge on any atom is 0.314 e. The van der Waals surface area contributed by atoms with Gasteiger partial charge >= 0.3 is 12.0 Å². The standard InChI is InChI=1S/C13H20N4O4/c18-12(19)10-3-1-9(2-4-10)7-15-13(20)14-6-5-11-16-8-17-21-11/h8-10H,1-7H2,(H,18,19)(H2,14,15,20). The monoisotopic (exact) mass is 296 g/mol. The molecule has 0 aliphatic heterocycles. The van der Waals surface area contributed by atoms with Gasteiger partial charge in [0.1, 0.15) is 0 Å². The summed E-state index contributed by atoms with van der Waals surface area (Å²) in [7, 11) is 0. The minimum absolute atomic E-state index is 0.218. The lowest BCUT2D eigenvalue weighted by Gasteiger charge is -2.26. The number of carbonyl (C=O) groups is 2. The Morgan fingerprint density at radius 1 is 1.29 bits per heavy atom. The van der Waals surface area contributed by atoms with Crippen molar-refractivity contribution in [2.45, 2.75) is 32.1 Å². The molecule has 0 radical (unpaired) electrons. The van der Waals surface area contributed by atoms with Crippen molar-refractivity contribution < 1.29 is 19.2 Å². The first-order valence-corrected chi connectivity index (χ1v) is 7.15. The van der Waals surface area contributed by atoms with Crippen molar-refractivity contribution in [3.8, 4) is 0 Å². The second-order valence-corrected chi connectivity index (χ2v) is 5.28. The van der Waals surface area contributed by atoms with E-state index >= 15 is 0 Å². The maximum atomic E-state index is 11.6. The predicted octanol–water partition coefficient (Wildman–Crippen LogP) is 0.802. The molecule has 2 rings (SSSR count). The first-order valence-electron chi connectivity index (χ1n) is 7.15. The number of nitrogens with one attached hydrogen (secondary N) is 2. The molecule has 8 heteroatoms. The number of carbonyl (C=O) groups excluding carboxylic acids is 1. The molecule has 21 heavy (non-hydrogen) atoms. The molecule has 0 atom stereocenters. The third kappa shape index (κ3) is 5.05. The Balaban J connectivity index is 1.56. The van der Waals surface area contributed by atoms with Crippen LogP contribution in [0.4, 0.5) is 4.79 Å². The Kier molecular flexibility index (Phi) is 5.53. The third-order valence-corrected chi connectivity index (χ3v) is 3.78. The molecule has 116 valence electrons. The van der Waals surface area contributed by atoms with Gasteiger partial charge in [0.25, 0.3) is 0 Å². The second kappa shape index (κ2) is 7.61. The summed E-state index contributed by atoms with van der Waals surface area (Å²) in [6, 6.07) is -0.227. The van der Waals surface area contributed by atoms with Crippen molar-refractivity contribution in [3.05, 3.63) is 12.2 Å². The number of rotatable bonds is 6. The number of aromatic nitrogens is 2. The fraction of sp³-hybridized carbons (Fsp3) is 0.692. The molecule has 1 aromatic rings. The summed E-state index contributed by atoms with van der Waals surface area (Å²) < 4.78 is 4.82. The summed E-state index contributed by atoms with van der Waals surface area (Å²) in [5.74, 6) is -0.0748. The zero-order chi connectivity index (χ0) is 15.1. The van der Waals surface area contributed by atoms with Gasteiger partial charge in [-0.25, -0.2) is 4.79 Å². The van der Waals surface area contributed by atoms with Crippen molar-refractivity contribution in [1.82, 2.24) is 20.8 Å². The highest BCUT2D eigenvalue weighted by molar-refractivity contribution is 5.73. The van der Waals surface area contributed by atoms with Crippen LogP contribution >= 0.6 is 0 Å². The number of nitrogens with zero attached hydrogens (tertiary/aromatic N) is 2. The molecule has 0 aromatic carbocycles. The largest absolute Gasteiger partial charge is 0.481 e. The smallest absolute Gasteiger partial charge is 0.314 e. The third-order valence-electron chi connectivity index (χ3n) is 3.78. The molecule has 0 spiro atoms. The fourth-order valence-electron chi connectivity index (χ4n) is 2.50. The van der Waals surface area contributed by atoms with E-state index in [9.17, 15) is 9.59 Å². The van der Waals surface area contributed by atoms with E-state index in [2.05, 4.69) is 20.8 Å². The minimum atomic E-state index is -0.708. The van der Waals surface area contributed by atoms with Crippen LogP contribution in [0.3, 0.4) is 0 Å². The van der Waals surface area contributed by atoms with E-state index in [-0.39, 0.29) is 11.9 Å². The molecule has 1 heterocycles. The summed E-state index contributed by atoms with van der Waals surface area (Å²) in [5.41, 5.74) is 0. The van der Waals surface area contributed by atoms with Gasteiger partial charge in [-0.1, -0.05) is 5.16 Å². The van der Waals surface area contributed by atoms with Gasteiger partial charge in [0.2, 0.25) is 5.89 Å². The molecular formula is C13H20N4O4. The molecule has 1 aliphatic carbocycles. The van der Waals surface area contributed by atoms with Crippen molar-refractivity contribution in [1.29, 1.82) is 0 Å². The van der Waals surface area contributed by atoms with Gasteiger partial charge in [-0.2, -0.15) is 4.98 Å². The molecule has 1 fully saturated rings. The van der Waals surface area contributed by atoms with Gasteiger partial charge < -0.3 is 20.3 Å². The topological polar surface area (TPSA) is 117 Å². The Morgan fingerprint density at radius 3 is 2.67 bits per heavy atom. The highest BCUT2D eigenvalue weighted by Gasteiger charge is 2.25. The highest BCUT2D eigenvalue weighted by atomic mass is 16.5.